The number of nitro groups is 1. The van der Waals surface area contributed by atoms with Crippen molar-refractivity contribution in [3.63, 3.8) is 0 Å². The average Bonchev–Trinajstić information content (AvgIpc) is 3.59. The number of nitro benzene ring substituents is 1. The molecule has 0 saturated heterocycles. The van der Waals surface area contributed by atoms with E-state index in [9.17, 15) is 19.7 Å². The van der Waals surface area contributed by atoms with E-state index in [1.165, 1.54) is 22.8 Å². The molecule has 0 unspecified atom stereocenters. The number of fused-ring (bicyclic) bond motifs is 2. The fraction of sp³-hybridized carbons (Fsp3) is 0.156. The Morgan fingerprint density at radius 2 is 1.98 bits per heavy atom. The first-order valence-electron chi connectivity index (χ1n) is 13.5. The first-order chi connectivity index (χ1) is 21.2. The maximum absolute atomic E-state index is 14.1. The van der Waals surface area contributed by atoms with Gasteiger partial charge in [0.2, 0.25) is 0 Å². The fourth-order valence-electron chi connectivity index (χ4n) is 5.32. The fourth-order valence-corrected chi connectivity index (χ4v) is 6.56. The van der Waals surface area contributed by atoms with Crippen LogP contribution in [0.3, 0.4) is 0 Å². The van der Waals surface area contributed by atoms with Crippen molar-refractivity contribution in [2.24, 2.45) is 4.99 Å². The standard InChI is InChI=1S/C32H24ClN3O7S/c1-4-42-31(38)27-17(2)34-32-35(29(27)28-21-8-6-5-7-18(21)9-13-25(28)41-3)30(37)26(44-32)16-20-11-14-24(43-20)22-15-19(36(39)40)10-12-23(22)33/h5-16,29H,4H2,1-3H3/b26-16-/t29-/m1/s1. The zero-order valence-electron chi connectivity index (χ0n) is 23.7. The summed E-state index contributed by atoms with van der Waals surface area (Å²) in [5.41, 5.74) is 1.12. The van der Waals surface area contributed by atoms with E-state index in [1.54, 1.807) is 39.2 Å². The highest BCUT2D eigenvalue weighted by molar-refractivity contribution is 7.07. The highest BCUT2D eigenvalue weighted by Gasteiger charge is 2.36. The Hall–Kier alpha value is -5.00. The van der Waals surface area contributed by atoms with Crippen molar-refractivity contribution >= 4 is 51.4 Å². The maximum atomic E-state index is 14.1. The van der Waals surface area contributed by atoms with Crippen LogP contribution in [-0.4, -0.2) is 29.2 Å². The number of aromatic nitrogens is 1. The number of nitrogens with zero attached hydrogens (tertiary/aromatic N) is 3. The van der Waals surface area contributed by atoms with Gasteiger partial charge in [-0.1, -0.05) is 53.3 Å². The summed E-state index contributed by atoms with van der Waals surface area (Å²) >= 11 is 7.45. The first kappa shape index (κ1) is 29.1. The van der Waals surface area contributed by atoms with Crippen LogP contribution < -0.4 is 19.6 Å². The molecule has 3 aromatic carbocycles. The van der Waals surface area contributed by atoms with Gasteiger partial charge in [-0.2, -0.15) is 0 Å². The number of furan rings is 1. The Morgan fingerprint density at radius 3 is 2.73 bits per heavy atom. The Labute approximate surface area is 258 Å². The monoisotopic (exact) mass is 629 g/mol. The number of allylic oxidation sites excluding steroid dienone is 1. The second-order valence-corrected chi connectivity index (χ2v) is 11.2. The largest absolute Gasteiger partial charge is 0.496 e. The van der Waals surface area contributed by atoms with Crippen molar-refractivity contribution in [2.45, 2.75) is 19.9 Å². The zero-order chi connectivity index (χ0) is 31.1. The minimum absolute atomic E-state index is 0.132. The topological polar surface area (TPSA) is 126 Å². The lowest BCUT2D eigenvalue weighted by Crippen LogP contribution is -2.40. The average molecular weight is 630 g/mol. The molecule has 0 amide bonds. The Bertz CT molecular complexity index is 2200. The van der Waals surface area contributed by atoms with Gasteiger partial charge < -0.3 is 13.9 Å². The number of rotatable bonds is 7. The third-order valence-corrected chi connectivity index (χ3v) is 8.58. The molecular weight excluding hydrogens is 606 g/mol. The number of hydrogen-bond donors (Lipinski definition) is 0. The lowest BCUT2D eigenvalue weighted by Gasteiger charge is -2.27. The summed E-state index contributed by atoms with van der Waals surface area (Å²) in [6.07, 6.45) is 1.57. The van der Waals surface area contributed by atoms with E-state index in [1.807, 2.05) is 36.4 Å². The molecule has 1 atom stereocenters. The van der Waals surface area contributed by atoms with Crippen LogP contribution in [0, 0.1) is 10.1 Å². The van der Waals surface area contributed by atoms with Crippen LogP contribution in [-0.2, 0) is 9.53 Å². The second-order valence-electron chi connectivity index (χ2n) is 9.83. The normalized spacial score (nSPS) is 14.8. The smallest absolute Gasteiger partial charge is 0.338 e. The number of carbonyl (C=O) groups excluding carboxylic acids is 1. The Kier molecular flexibility index (Phi) is 7.66. The molecule has 10 nitrogen and oxygen atoms in total. The number of esters is 1. The van der Waals surface area contributed by atoms with Crippen LogP contribution in [0.4, 0.5) is 5.69 Å². The summed E-state index contributed by atoms with van der Waals surface area (Å²) in [4.78, 5) is 43.4. The van der Waals surface area contributed by atoms with Crippen LogP contribution >= 0.6 is 22.9 Å². The summed E-state index contributed by atoms with van der Waals surface area (Å²) in [6, 6.07) is 17.9. The number of methoxy groups -OCH3 is 1. The van der Waals surface area contributed by atoms with E-state index in [4.69, 9.17) is 25.5 Å². The number of hydrogen-bond acceptors (Lipinski definition) is 9. The van der Waals surface area contributed by atoms with Crippen molar-refractivity contribution in [3.8, 4) is 17.1 Å². The molecule has 0 saturated carbocycles. The first-order valence-corrected chi connectivity index (χ1v) is 14.7. The summed E-state index contributed by atoms with van der Waals surface area (Å²) in [5.74, 6) is 0.557. The van der Waals surface area contributed by atoms with E-state index < -0.39 is 22.5 Å². The third kappa shape index (κ3) is 4.99. The summed E-state index contributed by atoms with van der Waals surface area (Å²) in [7, 11) is 1.54. The van der Waals surface area contributed by atoms with Crippen LogP contribution in [0.1, 0.15) is 31.2 Å². The number of non-ortho nitro benzene ring substituents is 1. The van der Waals surface area contributed by atoms with Gasteiger partial charge in [0.15, 0.2) is 4.80 Å². The summed E-state index contributed by atoms with van der Waals surface area (Å²) < 4.78 is 19.0. The predicted octanol–water partition coefficient (Wildman–Crippen LogP) is 5.78. The van der Waals surface area contributed by atoms with E-state index in [-0.39, 0.29) is 22.9 Å². The molecule has 0 bridgehead atoms. The molecule has 12 heteroatoms. The molecule has 222 valence electrons. The number of thiazole rings is 1. The molecular formula is C32H24ClN3O7S. The lowest BCUT2D eigenvalue weighted by atomic mass is 9.90. The van der Waals surface area contributed by atoms with Gasteiger partial charge in [0.05, 0.1) is 39.5 Å². The van der Waals surface area contributed by atoms with Crippen LogP contribution in [0.5, 0.6) is 5.75 Å². The van der Waals surface area contributed by atoms with Crippen LogP contribution in [0.2, 0.25) is 5.02 Å². The minimum Gasteiger partial charge on any atom is -0.496 e. The van der Waals surface area contributed by atoms with E-state index in [0.29, 0.717) is 43.4 Å². The van der Waals surface area contributed by atoms with Crippen LogP contribution in [0.15, 0.2) is 92.2 Å². The number of benzene rings is 3. The zero-order valence-corrected chi connectivity index (χ0v) is 25.3. The van der Waals surface area contributed by atoms with E-state index in [0.717, 1.165) is 22.1 Å². The van der Waals surface area contributed by atoms with Gasteiger partial charge in [-0.3, -0.25) is 19.5 Å². The van der Waals surface area contributed by atoms with Gasteiger partial charge in [0.25, 0.3) is 11.2 Å². The summed E-state index contributed by atoms with van der Waals surface area (Å²) in [5, 5.41) is 13.3. The van der Waals surface area contributed by atoms with Crippen molar-refractivity contribution < 1.29 is 23.6 Å². The molecule has 0 fully saturated rings. The maximum Gasteiger partial charge on any atom is 0.338 e. The van der Waals surface area contributed by atoms with Gasteiger partial charge in [-0.15, -0.1) is 0 Å². The van der Waals surface area contributed by atoms with Crippen molar-refractivity contribution in [3.05, 3.63) is 124 Å². The molecule has 6 rings (SSSR count). The van der Waals surface area contributed by atoms with Gasteiger partial charge in [0, 0.05) is 29.3 Å². The van der Waals surface area contributed by atoms with Crippen LogP contribution in [0.25, 0.3) is 28.2 Å². The molecule has 0 spiro atoms. The Morgan fingerprint density at radius 1 is 1.18 bits per heavy atom. The van der Waals surface area contributed by atoms with E-state index >= 15 is 0 Å². The molecule has 44 heavy (non-hydrogen) atoms. The number of halogens is 1. The SMILES string of the molecule is CCOC(=O)C1=C(C)N=c2s/c(=C\c3ccc(-c4cc([N+](=O)[O-])ccc4Cl)o3)c(=O)n2[C@H]1c1c(OC)ccc2ccccc12. The Balaban J connectivity index is 1.55. The second kappa shape index (κ2) is 11.6. The third-order valence-electron chi connectivity index (χ3n) is 7.27. The molecule has 1 aliphatic heterocycles. The van der Waals surface area contributed by atoms with Gasteiger partial charge in [-0.05, 0) is 48.9 Å². The van der Waals surface area contributed by atoms with E-state index in [2.05, 4.69) is 4.99 Å². The molecule has 3 heterocycles. The number of ether oxygens (including phenoxy) is 2. The minimum atomic E-state index is -0.885. The highest BCUT2D eigenvalue weighted by atomic mass is 35.5. The lowest BCUT2D eigenvalue weighted by molar-refractivity contribution is -0.384. The summed E-state index contributed by atoms with van der Waals surface area (Å²) in [6.45, 7) is 3.58. The van der Waals surface area contributed by atoms with Gasteiger partial charge in [0.1, 0.15) is 23.3 Å². The molecule has 0 aliphatic carbocycles. The number of carbonyl (C=O) groups is 1. The molecule has 5 aromatic rings. The predicted molar refractivity (Wildman–Crippen MR) is 167 cm³/mol. The highest BCUT2D eigenvalue weighted by Crippen LogP contribution is 2.40. The molecule has 0 N–H and O–H groups in total. The van der Waals surface area contributed by atoms with Gasteiger partial charge in [-0.25, -0.2) is 9.79 Å². The van der Waals surface area contributed by atoms with Crippen molar-refractivity contribution in [2.75, 3.05) is 13.7 Å². The molecule has 1 aliphatic rings. The van der Waals surface area contributed by atoms with Crippen molar-refractivity contribution in [1.82, 2.24) is 4.57 Å². The molecule has 0 radical (unpaired) electrons. The quantitative estimate of drug-likeness (QED) is 0.127. The molecule has 2 aromatic heterocycles. The van der Waals surface area contributed by atoms with Crippen molar-refractivity contribution in [1.29, 1.82) is 0 Å². The van der Waals surface area contributed by atoms with Gasteiger partial charge >= 0.3 is 5.97 Å².